The van der Waals surface area contributed by atoms with E-state index in [-0.39, 0.29) is 23.8 Å². The first-order chi connectivity index (χ1) is 13.9. The molecular weight excluding hydrogens is 364 g/mol. The van der Waals surface area contributed by atoms with Crippen LogP contribution in [0.5, 0.6) is 0 Å². The van der Waals surface area contributed by atoms with Gasteiger partial charge in [-0.2, -0.15) is 9.97 Å². The Labute approximate surface area is 171 Å². The molecule has 1 aliphatic carbocycles. The number of hydrogen-bond donors (Lipinski definition) is 4. The number of anilines is 4. The van der Waals surface area contributed by atoms with Crippen LogP contribution in [-0.4, -0.2) is 21.9 Å². The molecule has 1 heterocycles. The van der Waals surface area contributed by atoms with E-state index in [4.69, 9.17) is 11.5 Å². The predicted molar refractivity (Wildman–Crippen MR) is 119 cm³/mol. The number of allylic oxidation sites excluding steroid dienone is 1. The van der Waals surface area contributed by atoms with Crippen molar-refractivity contribution in [3.8, 4) is 0 Å². The molecule has 152 valence electrons. The number of nitrogens with one attached hydrogen (secondary N) is 2. The largest absolute Gasteiger partial charge is 0.383 e. The topological polar surface area (TPSA) is 119 Å². The van der Waals surface area contributed by atoms with Gasteiger partial charge in [0.15, 0.2) is 0 Å². The van der Waals surface area contributed by atoms with Crippen LogP contribution in [0.4, 0.5) is 23.3 Å². The Hall–Kier alpha value is -3.35. The van der Waals surface area contributed by atoms with Gasteiger partial charge in [0.05, 0.1) is 11.5 Å². The lowest BCUT2D eigenvalue weighted by Gasteiger charge is -2.34. The van der Waals surface area contributed by atoms with Gasteiger partial charge in [-0.3, -0.25) is 4.79 Å². The number of aromatic nitrogens is 2. The summed E-state index contributed by atoms with van der Waals surface area (Å²) >= 11 is 0. The molecule has 1 aromatic heterocycles. The molecule has 0 fully saturated rings. The summed E-state index contributed by atoms with van der Waals surface area (Å²) in [5.74, 6) is 0.715. The van der Waals surface area contributed by atoms with Crippen LogP contribution in [0.15, 0.2) is 43.0 Å². The zero-order valence-corrected chi connectivity index (χ0v) is 16.9. The van der Waals surface area contributed by atoms with Crippen molar-refractivity contribution in [1.82, 2.24) is 9.97 Å². The third-order valence-corrected chi connectivity index (χ3v) is 5.26. The fourth-order valence-corrected chi connectivity index (χ4v) is 3.72. The first-order valence-electron chi connectivity index (χ1n) is 9.79. The van der Waals surface area contributed by atoms with Crippen LogP contribution >= 0.6 is 0 Å². The maximum atomic E-state index is 12.0. The Morgan fingerprint density at radius 2 is 2.17 bits per heavy atom. The lowest BCUT2D eigenvalue weighted by atomic mass is 9.79. The molecule has 0 spiro atoms. The summed E-state index contributed by atoms with van der Waals surface area (Å²) in [5.41, 5.74) is 14.4. The Kier molecular flexibility index (Phi) is 6.16. The Morgan fingerprint density at radius 3 is 2.83 bits per heavy atom. The van der Waals surface area contributed by atoms with Crippen molar-refractivity contribution in [2.75, 3.05) is 16.4 Å². The first kappa shape index (κ1) is 20.4. The number of nitrogens with zero attached hydrogens (tertiary/aromatic N) is 2. The van der Waals surface area contributed by atoms with Crippen molar-refractivity contribution >= 4 is 35.3 Å². The molecule has 0 aliphatic heterocycles. The van der Waals surface area contributed by atoms with E-state index in [1.807, 2.05) is 37.3 Å². The number of aryl methyl sites for hydroxylation is 1. The van der Waals surface area contributed by atoms with Gasteiger partial charge in [-0.25, -0.2) is 0 Å². The number of nitrogen functional groups attached to an aromatic ring is 1. The number of amides is 1. The van der Waals surface area contributed by atoms with E-state index in [1.165, 1.54) is 0 Å². The van der Waals surface area contributed by atoms with Gasteiger partial charge in [-0.05, 0) is 43.4 Å². The average molecular weight is 393 g/mol. The highest BCUT2D eigenvalue weighted by molar-refractivity contribution is 5.79. The lowest BCUT2D eigenvalue weighted by molar-refractivity contribution is -0.122. The van der Waals surface area contributed by atoms with Crippen molar-refractivity contribution in [3.63, 3.8) is 0 Å². The molecule has 0 radical (unpaired) electrons. The number of nitrogens with two attached hydrogens (primary N) is 2. The van der Waals surface area contributed by atoms with Crippen LogP contribution in [0.3, 0.4) is 0 Å². The van der Waals surface area contributed by atoms with Crippen molar-refractivity contribution < 1.29 is 4.79 Å². The predicted octanol–water partition coefficient (Wildman–Crippen LogP) is 3.62. The third-order valence-electron chi connectivity index (χ3n) is 5.26. The van der Waals surface area contributed by atoms with Crippen molar-refractivity contribution in [2.45, 2.75) is 32.7 Å². The van der Waals surface area contributed by atoms with E-state index in [0.717, 1.165) is 17.7 Å². The minimum Gasteiger partial charge on any atom is -0.383 e. The number of hydrogen-bond acceptors (Lipinski definition) is 6. The summed E-state index contributed by atoms with van der Waals surface area (Å²) in [6.07, 6.45) is 7.24. The van der Waals surface area contributed by atoms with E-state index in [9.17, 15) is 4.79 Å². The summed E-state index contributed by atoms with van der Waals surface area (Å²) in [4.78, 5) is 21.0. The maximum Gasteiger partial charge on any atom is 0.231 e. The fraction of sp³-hybridized carbons (Fsp3) is 0.318. The minimum absolute atomic E-state index is 0.156. The summed E-state index contributed by atoms with van der Waals surface area (Å²) < 4.78 is 0. The molecule has 3 rings (SSSR count). The smallest absolute Gasteiger partial charge is 0.231 e. The second-order valence-electron chi connectivity index (χ2n) is 7.31. The zero-order valence-electron chi connectivity index (χ0n) is 16.9. The molecule has 7 nitrogen and oxygen atoms in total. The van der Waals surface area contributed by atoms with Gasteiger partial charge in [0.1, 0.15) is 11.6 Å². The molecule has 1 amide bonds. The van der Waals surface area contributed by atoms with Gasteiger partial charge >= 0.3 is 0 Å². The van der Waals surface area contributed by atoms with Crippen LogP contribution in [0.2, 0.25) is 0 Å². The maximum absolute atomic E-state index is 12.0. The molecule has 3 atom stereocenters. The monoisotopic (exact) mass is 392 g/mol. The zero-order chi connectivity index (χ0) is 21.0. The van der Waals surface area contributed by atoms with Gasteiger partial charge in [-0.1, -0.05) is 43.9 Å². The van der Waals surface area contributed by atoms with Crippen LogP contribution in [-0.2, 0) is 4.79 Å². The van der Waals surface area contributed by atoms with Gasteiger partial charge in [0, 0.05) is 11.7 Å². The summed E-state index contributed by atoms with van der Waals surface area (Å²) in [7, 11) is 0. The second-order valence-corrected chi connectivity index (χ2v) is 7.31. The van der Waals surface area contributed by atoms with Gasteiger partial charge in [0.2, 0.25) is 11.9 Å². The molecule has 1 aromatic carbocycles. The summed E-state index contributed by atoms with van der Waals surface area (Å²) in [6, 6.07) is 7.72. The highest BCUT2D eigenvalue weighted by atomic mass is 16.1. The molecule has 2 aromatic rings. The minimum atomic E-state index is -0.328. The quantitative estimate of drug-likeness (QED) is 0.534. The van der Waals surface area contributed by atoms with Crippen molar-refractivity contribution in [2.24, 2.45) is 17.6 Å². The van der Waals surface area contributed by atoms with Crippen molar-refractivity contribution in [3.05, 3.63) is 54.1 Å². The first-order valence-corrected chi connectivity index (χ1v) is 9.79. The average Bonchev–Trinajstić information content (AvgIpc) is 2.68. The molecular formula is C22H28N6O. The summed E-state index contributed by atoms with van der Waals surface area (Å²) in [5, 5.41) is 6.61. The highest BCUT2D eigenvalue weighted by Gasteiger charge is 2.34. The Morgan fingerprint density at radius 1 is 1.38 bits per heavy atom. The van der Waals surface area contributed by atoms with E-state index in [2.05, 4.69) is 40.2 Å². The third kappa shape index (κ3) is 4.56. The molecule has 6 N–H and O–H groups in total. The number of carbonyl (C=O) groups is 1. The van der Waals surface area contributed by atoms with E-state index in [0.29, 0.717) is 29.6 Å². The van der Waals surface area contributed by atoms with E-state index in [1.54, 1.807) is 6.08 Å². The number of primary amides is 1. The normalized spacial score (nSPS) is 20.8. The molecule has 7 heteroatoms. The number of rotatable bonds is 7. The number of carbonyl (C=O) groups excluding carboxylic acids is 1. The van der Waals surface area contributed by atoms with E-state index < -0.39 is 0 Å². The molecule has 0 saturated heterocycles. The number of benzene rings is 1. The summed E-state index contributed by atoms with van der Waals surface area (Å²) in [6.45, 7) is 7.94. The molecule has 0 saturated carbocycles. The van der Waals surface area contributed by atoms with Crippen molar-refractivity contribution in [1.29, 1.82) is 0 Å². The van der Waals surface area contributed by atoms with Crippen LogP contribution in [0.25, 0.3) is 6.08 Å². The van der Waals surface area contributed by atoms with Gasteiger partial charge < -0.3 is 22.1 Å². The second kappa shape index (κ2) is 8.77. The Balaban J connectivity index is 1.96. The van der Waals surface area contributed by atoms with E-state index >= 15 is 0 Å². The molecule has 3 unspecified atom stereocenters. The van der Waals surface area contributed by atoms with Crippen LogP contribution < -0.4 is 22.1 Å². The fourth-order valence-electron chi connectivity index (χ4n) is 3.72. The van der Waals surface area contributed by atoms with Gasteiger partial charge in [-0.15, -0.1) is 0 Å². The highest BCUT2D eigenvalue weighted by Crippen LogP contribution is 2.32. The molecule has 1 aliphatic rings. The van der Waals surface area contributed by atoms with Crippen LogP contribution in [0, 0.1) is 18.8 Å². The van der Waals surface area contributed by atoms with Crippen LogP contribution in [0.1, 0.15) is 30.9 Å². The standard InChI is InChI=1S/C22H28N6O/c1-4-14-9-7-11-17(20(24)29)18(14)26-21-16(5-2)19(23)27-22(28-21)25-15-10-6-8-13(3)12-15/h5-10,12,14,17-18H,2,4,11H2,1,3H3,(H2,24,29)(H4,23,25,26,27,28). The Bertz CT molecular complexity index is 939. The molecule has 0 bridgehead atoms. The SMILES string of the molecule is C=Cc1c(N)nc(Nc2cccc(C)c2)nc1NC1C(CC)C=CCC1C(N)=O. The van der Waals surface area contributed by atoms with Gasteiger partial charge in [0.25, 0.3) is 0 Å². The molecule has 29 heavy (non-hydrogen) atoms. The lowest BCUT2D eigenvalue weighted by Crippen LogP contribution is -2.44.